The Labute approximate surface area is 83.9 Å². The third-order valence-corrected chi connectivity index (χ3v) is 1.74. The molecule has 3 nitrogen and oxygen atoms in total. The van der Waals surface area contributed by atoms with Crippen LogP contribution in [0, 0.1) is 0 Å². The molecule has 13 heavy (non-hydrogen) atoms. The number of ether oxygens (including phenoxy) is 1. The maximum absolute atomic E-state index is 8.76. The van der Waals surface area contributed by atoms with Crippen LogP contribution in [0.1, 0.15) is 11.6 Å². The molecule has 1 aromatic rings. The molecule has 1 unspecified atom stereocenters. The summed E-state index contributed by atoms with van der Waals surface area (Å²) in [6.45, 7) is -0.0354. The van der Waals surface area contributed by atoms with Crippen LogP contribution in [0.25, 0.3) is 0 Å². The van der Waals surface area contributed by atoms with Crippen LogP contribution in [0.2, 0.25) is 0 Å². The second-order valence-electron chi connectivity index (χ2n) is 2.56. The number of methoxy groups -OCH3 is 1. The lowest BCUT2D eigenvalue weighted by Gasteiger charge is -2.08. The average Bonchev–Trinajstić information content (AvgIpc) is 2.17. The largest absolute Gasteiger partial charge is 0.497 e. The summed E-state index contributed by atoms with van der Waals surface area (Å²) in [4.78, 5) is 0. The van der Waals surface area contributed by atoms with Gasteiger partial charge in [-0.3, -0.25) is 0 Å². The Morgan fingerprint density at radius 1 is 1.38 bits per heavy atom. The minimum Gasteiger partial charge on any atom is -0.497 e. The smallest absolute Gasteiger partial charge is 0.118 e. The summed E-state index contributed by atoms with van der Waals surface area (Å²) in [5, 5.41) is 8.76. The fraction of sp³-hybridized carbons (Fsp3) is 0.333. The maximum atomic E-state index is 8.76. The van der Waals surface area contributed by atoms with Gasteiger partial charge < -0.3 is 15.6 Å². The van der Waals surface area contributed by atoms with Crippen molar-refractivity contribution in [2.24, 2.45) is 5.73 Å². The first-order chi connectivity index (χ1) is 5.77. The van der Waals surface area contributed by atoms with E-state index in [1.807, 2.05) is 24.3 Å². The van der Waals surface area contributed by atoms with Crippen molar-refractivity contribution in [3.63, 3.8) is 0 Å². The summed E-state index contributed by atoms with van der Waals surface area (Å²) in [7, 11) is 1.61. The molecule has 1 rings (SSSR count). The monoisotopic (exact) mass is 203 g/mol. The van der Waals surface area contributed by atoms with Crippen LogP contribution in [0.15, 0.2) is 24.3 Å². The first-order valence-electron chi connectivity index (χ1n) is 3.78. The van der Waals surface area contributed by atoms with Gasteiger partial charge in [0.05, 0.1) is 19.8 Å². The van der Waals surface area contributed by atoms with Crippen molar-refractivity contribution in [2.75, 3.05) is 13.7 Å². The molecular formula is C9H14ClNO2. The lowest BCUT2D eigenvalue weighted by molar-refractivity contribution is 0.268. The molecule has 0 radical (unpaired) electrons. The average molecular weight is 204 g/mol. The first kappa shape index (κ1) is 12.2. The Bertz CT molecular complexity index is 238. The van der Waals surface area contributed by atoms with Gasteiger partial charge in [0.25, 0.3) is 0 Å². The van der Waals surface area contributed by atoms with Crippen molar-refractivity contribution in [1.82, 2.24) is 0 Å². The van der Waals surface area contributed by atoms with Crippen molar-refractivity contribution >= 4 is 12.4 Å². The number of aliphatic hydroxyl groups excluding tert-OH is 1. The van der Waals surface area contributed by atoms with Crippen LogP contribution >= 0.6 is 12.4 Å². The zero-order valence-corrected chi connectivity index (χ0v) is 8.25. The minimum absolute atomic E-state index is 0. The molecule has 0 aliphatic rings. The Morgan fingerprint density at radius 3 is 2.31 bits per heavy atom. The highest BCUT2D eigenvalue weighted by Gasteiger charge is 2.02. The van der Waals surface area contributed by atoms with Crippen molar-refractivity contribution in [2.45, 2.75) is 6.04 Å². The molecule has 74 valence electrons. The molecule has 0 aliphatic carbocycles. The van der Waals surface area contributed by atoms with E-state index in [0.717, 1.165) is 11.3 Å². The molecule has 0 saturated carbocycles. The van der Waals surface area contributed by atoms with Gasteiger partial charge in [-0.05, 0) is 17.7 Å². The van der Waals surface area contributed by atoms with Gasteiger partial charge in [-0.1, -0.05) is 12.1 Å². The summed E-state index contributed by atoms with van der Waals surface area (Å²) < 4.78 is 4.98. The van der Waals surface area contributed by atoms with Gasteiger partial charge in [0.2, 0.25) is 0 Å². The van der Waals surface area contributed by atoms with Crippen LogP contribution in [-0.4, -0.2) is 18.8 Å². The molecule has 0 bridgehead atoms. The molecule has 1 atom stereocenters. The van der Waals surface area contributed by atoms with E-state index in [2.05, 4.69) is 0 Å². The highest BCUT2D eigenvalue weighted by atomic mass is 35.5. The zero-order chi connectivity index (χ0) is 8.97. The molecule has 0 aliphatic heterocycles. The van der Waals surface area contributed by atoms with Gasteiger partial charge in [0.1, 0.15) is 5.75 Å². The number of rotatable bonds is 3. The maximum Gasteiger partial charge on any atom is 0.118 e. The summed E-state index contributed by atoms with van der Waals surface area (Å²) in [6, 6.07) is 7.05. The highest BCUT2D eigenvalue weighted by molar-refractivity contribution is 5.85. The number of nitrogens with two attached hydrogens (primary N) is 1. The van der Waals surface area contributed by atoms with Crippen molar-refractivity contribution in [1.29, 1.82) is 0 Å². The number of hydrogen-bond donors (Lipinski definition) is 2. The van der Waals surface area contributed by atoms with E-state index < -0.39 is 0 Å². The topological polar surface area (TPSA) is 55.5 Å². The summed E-state index contributed by atoms with van der Waals surface area (Å²) in [5.74, 6) is 0.795. The van der Waals surface area contributed by atoms with E-state index in [1.54, 1.807) is 7.11 Å². The number of benzene rings is 1. The van der Waals surface area contributed by atoms with Crippen molar-refractivity contribution < 1.29 is 9.84 Å². The molecule has 3 N–H and O–H groups in total. The lowest BCUT2D eigenvalue weighted by atomic mass is 10.1. The molecule has 0 amide bonds. The first-order valence-corrected chi connectivity index (χ1v) is 3.78. The van der Waals surface area contributed by atoms with Gasteiger partial charge in [-0.2, -0.15) is 0 Å². The van der Waals surface area contributed by atoms with E-state index in [1.165, 1.54) is 0 Å². The highest BCUT2D eigenvalue weighted by Crippen LogP contribution is 2.15. The van der Waals surface area contributed by atoms with Gasteiger partial charge >= 0.3 is 0 Å². The van der Waals surface area contributed by atoms with Crippen LogP contribution in [0.5, 0.6) is 5.75 Å². The molecule has 4 heteroatoms. The Balaban J connectivity index is 0.00000144. The Hall–Kier alpha value is -0.770. The second-order valence-corrected chi connectivity index (χ2v) is 2.56. The lowest BCUT2D eigenvalue weighted by Crippen LogP contribution is -2.14. The van der Waals surface area contributed by atoms with Crippen LogP contribution in [0.3, 0.4) is 0 Å². The molecular weight excluding hydrogens is 190 g/mol. The van der Waals surface area contributed by atoms with E-state index in [-0.39, 0.29) is 25.1 Å². The van der Waals surface area contributed by atoms with E-state index >= 15 is 0 Å². The Kier molecular flexibility index (Phi) is 5.46. The zero-order valence-electron chi connectivity index (χ0n) is 7.43. The standard InChI is InChI=1S/C9H13NO2.ClH/c1-12-8-4-2-7(3-5-8)9(10)6-11;/h2-5,9,11H,6,10H2,1H3;1H. The van der Waals surface area contributed by atoms with Crippen LogP contribution in [0.4, 0.5) is 0 Å². The SMILES string of the molecule is COc1ccc(C(N)CO)cc1.Cl. The molecule has 0 saturated heterocycles. The fourth-order valence-corrected chi connectivity index (χ4v) is 0.957. The predicted octanol–water partition coefficient (Wildman–Crippen LogP) is 1.11. The van der Waals surface area contributed by atoms with E-state index in [4.69, 9.17) is 15.6 Å². The number of aliphatic hydroxyl groups is 1. The van der Waals surface area contributed by atoms with Crippen molar-refractivity contribution in [3.8, 4) is 5.75 Å². The van der Waals surface area contributed by atoms with Gasteiger partial charge in [0, 0.05) is 0 Å². The third kappa shape index (κ3) is 3.22. The van der Waals surface area contributed by atoms with Gasteiger partial charge in [-0.25, -0.2) is 0 Å². The predicted molar refractivity (Wildman–Crippen MR) is 54.3 cm³/mol. The molecule has 0 spiro atoms. The van der Waals surface area contributed by atoms with E-state index in [0.29, 0.717) is 0 Å². The van der Waals surface area contributed by atoms with Crippen molar-refractivity contribution in [3.05, 3.63) is 29.8 Å². The van der Waals surface area contributed by atoms with Crippen LogP contribution in [-0.2, 0) is 0 Å². The second kappa shape index (κ2) is 5.80. The van der Waals surface area contributed by atoms with Gasteiger partial charge in [-0.15, -0.1) is 12.4 Å². The molecule has 0 aromatic heterocycles. The fourth-order valence-electron chi connectivity index (χ4n) is 0.957. The molecule has 1 aromatic carbocycles. The summed E-state index contributed by atoms with van der Waals surface area (Å²) in [5.41, 5.74) is 6.51. The molecule has 0 fully saturated rings. The summed E-state index contributed by atoms with van der Waals surface area (Å²) >= 11 is 0. The Morgan fingerprint density at radius 2 is 1.92 bits per heavy atom. The quantitative estimate of drug-likeness (QED) is 0.774. The number of halogens is 1. The third-order valence-electron chi connectivity index (χ3n) is 1.74. The number of hydrogen-bond acceptors (Lipinski definition) is 3. The van der Waals surface area contributed by atoms with Gasteiger partial charge in [0.15, 0.2) is 0 Å². The normalized spacial score (nSPS) is 11.6. The van der Waals surface area contributed by atoms with E-state index in [9.17, 15) is 0 Å². The minimum atomic E-state index is -0.295. The molecule has 0 heterocycles. The van der Waals surface area contributed by atoms with Crippen LogP contribution < -0.4 is 10.5 Å². The summed E-state index contributed by atoms with van der Waals surface area (Å²) in [6.07, 6.45) is 0.